The third kappa shape index (κ3) is 2.24. The van der Waals surface area contributed by atoms with Crippen molar-refractivity contribution in [3.63, 3.8) is 0 Å². The summed E-state index contributed by atoms with van der Waals surface area (Å²) >= 11 is 0. The molecular weight excluding hydrogens is 243 g/mol. The van der Waals surface area contributed by atoms with Gasteiger partial charge in [-0.2, -0.15) is 0 Å². The minimum atomic E-state index is -0.316. The second-order valence-electron chi connectivity index (χ2n) is 5.97. The molecule has 1 fully saturated rings. The summed E-state index contributed by atoms with van der Waals surface area (Å²) in [6, 6.07) is 3.27. The van der Waals surface area contributed by atoms with Crippen LogP contribution in [0.15, 0.2) is 12.1 Å². The highest BCUT2D eigenvalue weighted by Gasteiger charge is 2.37. The van der Waals surface area contributed by atoms with Crippen molar-refractivity contribution in [3.05, 3.63) is 17.9 Å². The van der Waals surface area contributed by atoms with Crippen LogP contribution in [0.25, 0.3) is 0 Å². The summed E-state index contributed by atoms with van der Waals surface area (Å²) in [4.78, 5) is 0. The van der Waals surface area contributed by atoms with Crippen molar-refractivity contribution in [3.8, 4) is 5.75 Å². The summed E-state index contributed by atoms with van der Waals surface area (Å²) in [6.45, 7) is 3.19. The Labute approximate surface area is 113 Å². The first-order valence-electron chi connectivity index (χ1n) is 7.01. The van der Waals surface area contributed by atoms with E-state index in [-0.39, 0.29) is 11.4 Å². The van der Waals surface area contributed by atoms with Gasteiger partial charge in [0, 0.05) is 18.7 Å². The number of fused-ring (bicyclic) bond motifs is 1. The lowest BCUT2D eigenvalue weighted by Crippen LogP contribution is -2.50. The molecule has 1 spiro atoms. The standard InChI is InChI=1S/C15H21FN2O/c1-10-3-5-15(6-4-10)9-17-12-7-11(16)14(19-2)8-13(12)18-15/h7-8,10,17-18H,3-6,9H2,1-2H3. The molecule has 3 nitrogen and oxygen atoms in total. The van der Waals surface area contributed by atoms with Gasteiger partial charge in [-0.15, -0.1) is 0 Å². The number of ether oxygens (including phenoxy) is 1. The molecule has 2 aliphatic rings. The predicted molar refractivity (Wildman–Crippen MR) is 75.4 cm³/mol. The largest absolute Gasteiger partial charge is 0.494 e. The van der Waals surface area contributed by atoms with Gasteiger partial charge in [-0.25, -0.2) is 4.39 Å². The average Bonchev–Trinajstić information content (AvgIpc) is 2.42. The van der Waals surface area contributed by atoms with Crippen molar-refractivity contribution >= 4 is 11.4 Å². The van der Waals surface area contributed by atoms with E-state index in [1.165, 1.54) is 38.9 Å². The molecule has 0 atom stereocenters. The maximum absolute atomic E-state index is 13.7. The SMILES string of the molecule is COc1cc2c(cc1F)NCC1(CCC(C)CC1)N2. The van der Waals surface area contributed by atoms with Crippen molar-refractivity contribution in [2.75, 3.05) is 24.3 Å². The fraction of sp³-hybridized carbons (Fsp3) is 0.600. The molecule has 3 rings (SSSR count). The molecule has 1 aliphatic carbocycles. The van der Waals surface area contributed by atoms with E-state index >= 15 is 0 Å². The number of hydrogen-bond donors (Lipinski definition) is 2. The molecule has 1 saturated carbocycles. The first kappa shape index (κ1) is 12.6. The van der Waals surface area contributed by atoms with Crippen molar-refractivity contribution < 1.29 is 9.13 Å². The van der Waals surface area contributed by atoms with Crippen LogP contribution in [0.3, 0.4) is 0 Å². The Bertz CT molecular complexity index is 481. The first-order chi connectivity index (χ1) is 9.12. The average molecular weight is 264 g/mol. The molecule has 0 amide bonds. The maximum atomic E-state index is 13.7. The quantitative estimate of drug-likeness (QED) is 0.812. The van der Waals surface area contributed by atoms with Crippen LogP contribution >= 0.6 is 0 Å². The molecule has 0 radical (unpaired) electrons. The summed E-state index contributed by atoms with van der Waals surface area (Å²) in [7, 11) is 1.50. The van der Waals surface area contributed by atoms with Crippen molar-refractivity contribution in [1.29, 1.82) is 0 Å². The van der Waals surface area contributed by atoms with Gasteiger partial charge in [-0.05, 0) is 31.6 Å². The number of methoxy groups -OCH3 is 1. The number of benzene rings is 1. The number of halogens is 1. The van der Waals surface area contributed by atoms with E-state index in [4.69, 9.17) is 4.74 Å². The Morgan fingerprint density at radius 3 is 2.68 bits per heavy atom. The smallest absolute Gasteiger partial charge is 0.167 e. The third-order valence-electron chi connectivity index (χ3n) is 4.54. The van der Waals surface area contributed by atoms with Crippen LogP contribution in [0.1, 0.15) is 32.6 Å². The topological polar surface area (TPSA) is 33.3 Å². The van der Waals surface area contributed by atoms with Crippen molar-refractivity contribution in [1.82, 2.24) is 0 Å². The van der Waals surface area contributed by atoms with Crippen molar-refractivity contribution in [2.45, 2.75) is 38.1 Å². The van der Waals surface area contributed by atoms with Crippen LogP contribution < -0.4 is 15.4 Å². The van der Waals surface area contributed by atoms with Crippen LogP contribution in [-0.2, 0) is 0 Å². The van der Waals surface area contributed by atoms with E-state index in [0.717, 1.165) is 23.8 Å². The van der Waals surface area contributed by atoms with E-state index in [9.17, 15) is 4.39 Å². The lowest BCUT2D eigenvalue weighted by atomic mass is 9.76. The molecule has 0 unspecified atom stereocenters. The highest BCUT2D eigenvalue weighted by atomic mass is 19.1. The Morgan fingerprint density at radius 2 is 2.00 bits per heavy atom. The number of nitrogens with one attached hydrogen (secondary N) is 2. The van der Waals surface area contributed by atoms with Gasteiger partial charge in [0.15, 0.2) is 11.6 Å². The molecule has 104 valence electrons. The second kappa shape index (κ2) is 4.58. The molecule has 2 N–H and O–H groups in total. The highest BCUT2D eigenvalue weighted by molar-refractivity contribution is 5.74. The van der Waals surface area contributed by atoms with Gasteiger partial charge >= 0.3 is 0 Å². The van der Waals surface area contributed by atoms with Crippen molar-refractivity contribution in [2.24, 2.45) is 5.92 Å². The molecule has 4 heteroatoms. The molecular formula is C15H21FN2O. The summed E-state index contributed by atoms with van der Waals surface area (Å²) in [5.41, 5.74) is 1.92. The molecule has 1 aromatic rings. The Balaban J connectivity index is 1.87. The van der Waals surface area contributed by atoms with Gasteiger partial charge in [0.2, 0.25) is 0 Å². The monoisotopic (exact) mass is 264 g/mol. The fourth-order valence-electron chi connectivity index (χ4n) is 3.17. The summed E-state index contributed by atoms with van der Waals surface area (Å²) in [5.74, 6) is 0.801. The van der Waals surface area contributed by atoms with Gasteiger partial charge in [0.05, 0.1) is 24.0 Å². The zero-order chi connectivity index (χ0) is 13.5. The Morgan fingerprint density at radius 1 is 1.26 bits per heavy atom. The maximum Gasteiger partial charge on any atom is 0.167 e. The van der Waals surface area contributed by atoms with Gasteiger partial charge in [0.25, 0.3) is 0 Å². The zero-order valence-electron chi connectivity index (χ0n) is 11.6. The van der Waals surface area contributed by atoms with E-state index < -0.39 is 0 Å². The van der Waals surface area contributed by atoms with E-state index in [0.29, 0.717) is 5.75 Å². The molecule has 0 aromatic heterocycles. The lowest BCUT2D eigenvalue weighted by molar-refractivity contribution is 0.274. The molecule has 1 aromatic carbocycles. The lowest BCUT2D eigenvalue weighted by Gasteiger charge is -2.44. The minimum Gasteiger partial charge on any atom is -0.494 e. The molecule has 1 heterocycles. The normalized spacial score (nSPS) is 29.3. The third-order valence-corrected chi connectivity index (χ3v) is 4.54. The predicted octanol–water partition coefficient (Wildman–Crippen LogP) is 3.62. The molecule has 0 saturated heterocycles. The fourth-order valence-corrected chi connectivity index (χ4v) is 3.17. The minimum absolute atomic E-state index is 0.127. The van der Waals surface area contributed by atoms with Gasteiger partial charge < -0.3 is 15.4 Å². The Hall–Kier alpha value is -1.45. The van der Waals surface area contributed by atoms with Crippen LogP contribution in [0, 0.1) is 11.7 Å². The van der Waals surface area contributed by atoms with E-state index in [1.807, 2.05) is 0 Å². The second-order valence-corrected chi connectivity index (χ2v) is 5.97. The number of anilines is 2. The van der Waals surface area contributed by atoms with Gasteiger partial charge in [0.1, 0.15) is 0 Å². The van der Waals surface area contributed by atoms with Gasteiger partial charge in [-0.3, -0.25) is 0 Å². The highest BCUT2D eigenvalue weighted by Crippen LogP contribution is 2.41. The first-order valence-corrected chi connectivity index (χ1v) is 7.01. The molecule has 1 aliphatic heterocycles. The zero-order valence-corrected chi connectivity index (χ0v) is 11.6. The van der Waals surface area contributed by atoms with Crippen LogP contribution in [0.4, 0.5) is 15.8 Å². The summed E-state index contributed by atoms with van der Waals surface area (Å²) in [5, 5.41) is 7.00. The number of rotatable bonds is 1. The number of hydrogen-bond acceptors (Lipinski definition) is 3. The summed E-state index contributed by atoms with van der Waals surface area (Å²) < 4.78 is 18.7. The molecule has 0 bridgehead atoms. The van der Waals surface area contributed by atoms with E-state index in [2.05, 4.69) is 17.6 Å². The molecule has 19 heavy (non-hydrogen) atoms. The van der Waals surface area contributed by atoms with Crippen LogP contribution in [-0.4, -0.2) is 19.2 Å². The van der Waals surface area contributed by atoms with Crippen LogP contribution in [0.2, 0.25) is 0 Å². The summed E-state index contributed by atoms with van der Waals surface area (Å²) in [6.07, 6.45) is 4.84. The van der Waals surface area contributed by atoms with E-state index in [1.54, 1.807) is 6.07 Å². The van der Waals surface area contributed by atoms with Gasteiger partial charge in [-0.1, -0.05) is 6.92 Å². The van der Waals surface area contributed by atoms with Crippen LogP contribution in [0.5, 0.6) is 5.75 Å². The Kier molecular flexibility index (Phi) is 3.03.